The van der Waals surface area contributed by atoms with Gasteiger partial charge in [0.25, 0.3) is 0 Å². The zero-order chi connectivity index (χ0) is 20.0. The number of aliphatic carboxylic acids is 5. The topological polar surface area (TPSA) is 296 Å². The van der Waals surface area contributed by atoms with E-state index in [1.54, 1.807) is 0 Å². The van der Waals surface area contributed by atoms with Crippen molar-refractivity contribution in [1.29, 1.82) is 0 Å². The molecule has 0 saturated carbocycles. The van der Waals surface area contributed by atoms with Crippen molar-refractivity contribution in [1.82, 2.24) is 0 Å². The van der Waals surface area contributed by atoms with Crippen LogP contribution in [0.25, 0.3) is 0 Å². The van der Waals surface area contributed by atoms with Crippen molar-refractivity contribution in [3.05, 3.63) is 0 Å². The maximum absolute atomic E-state index is 11.7. The van der Waals surface area contributed by atoms with Crippen molar-refractivity contribution < 1.29 is 75.1 Å². The molecule has 10 N–H and O–H groups in total. The van der Waals surface area contributed by atoms with Crippen LogP contribution in [0.1, 0.15) is 25.7 Å². The van der Waals surface area contributed by atoms with E-state index in [0.717, 1.165) is 0 Å². The molecule has 15 nitrogen and oxygen atoms in total. The zero-order valence-corrected chi connectivity index (χ0v) is 13.4. The Kier molecular flexibility index (Phi) is 15.4. The second-order valence-corrected chi connectivity index (χ2v) is 5.00. The van der Waals surface area contributed by atoms with Crippen molar-refractivity contribution >= 4 is 65.4 Å². The Labute approximate surface area is 177 Å². The van der Waals surface area contributed by atoms with Crippen LogP contribution in [0.2, 0.25) is 0 Å². The Balaban J connectivity index is -0.000000960. The van der Waals surface area contributed by atoms with Crippen molar-refractivity contribution in [2.45, 2.75) is 36.9 Å². The molecule has 0 fully saturated rings. The van der Waals surface area contributed by atoms with E-state index in [0.29, 0.717) is 0 Å². The molecule has 0 aliphatic carbocycles. The molecule has 28 heavy (non-hydrogen) atoms. The second-order valence-electron chi connectivity index (χ2n) is 5.00. The summed E-state index contributed by atoms with van der Waals surface area (Å²) in [6.45, 7) is 0. The number of carboxylic acid groups (broad SMARTS) is 5. The van der Waals surface area contributed by atoms with E-state index in [4.69, 9.17) is 25.5 Å². The van der Waals surface area contributed by atoms with Gasteiger partial charge in [0.15, 0.2) is 5.60 Å². The fraction of sp³-hybridized carbons (Fsp3) is 0.500. The normalized spacial score (nSPS) is 11.9. The average molecular weight is 426 g/mol. The number of rotatable bonds is 11. The number of esters is 1. The molecule has 0 rings (SSSR count). The Morgan fingerprint density at radius 1 is 0.643 bits per heavy atom. The molecule has 0 aromatic heterocycles. The minimum absolute atomic E-state index is 0. The van der Waals surface area contributed by atoms with Gasteiger partial charge in [-0.1, -0.05) is 0 Å². The van der Waals surface area contributed by atoms with Crippen LogP contribution in [0.15, 0.2) is 0 Å². The molecular weight excluding hydrogens is 407 g/mol. The van der Waals surface area contributed by atoms with E-state index in [2.05, 4.69) is 4.74 Å². The first-order valence-corrected chi connectivity index (χ1v) is 6.30. The van der Waals surface area contributed by atoms with Gasteiger partial charge in [-0.3, -0.25) is 19.2 Å². The number of carboxylic acids is 5. The number of carbonyl (C=O) groups excluding carboxylic acids is 1. The van der Waals surface area contributed by atoms with Gasteiger partial charge in [0.2, 0.25) is 5.60 Å². The number of hydrogen-bond donors (Lipinski definition) is 6. The fourth-order valence-corrected chi connectivity index (χ4v) is 1.77. The van der Waals surface area contributed by atoms with Gasteiger partial charge >= 0.3 is 65.4 Å². The predicted molar refractivity (Wildman–Crippen MR) is 84.8 cm³/mol. The molecule has 0 radical (unpaired) electrons. The number of hydrogen-bond acceptors (Lipinski definition) is 8. The third kappa shape index (κ3) is 10.1. The van der Waals surface area contributed by atoms with Gasteiger partial charge in [-0.15, -0.1) is 0 Å². The van der Waals surface area contributed by atoms with E-state index in [-0.39, 0.29) is 40.5 Å². The third-order valence-corrected chi connectivity index (χ3v) is 2.85. The molecule has 0 spiro atoms. The van der Waals surface area contributed by atoms with Crippen LogP contribution >= 0.6 is 0 Å². The van der Waals surface area contributed by atoms with E-state index < -0.39 is 72.7 Å². The van der Waals surface area contributed by atoms with E-state index in [9.17, 15) is 33.9 Å². The standard InChI is InChI=1S/C12H14O13.Na.2H2O.H/c13-5(14)1-11(24,9(20)21)4-8(19)25-12(10(22)23,2-6(15)16)3-7(17)18;;;;/h24H,1-4H2,(H,13,14)(H,15,16)(H,17,18)(H,20,21)(H,22,23);;2*1H2;. The molecule has 0 bridgehead atoms. The van der Waals surface area contributed by atoms with Crippen molar-refractivity contribution in [2.75, 3.05) is 0 Å². The summed E-state index contributed by atoms with van der Waals surface area (Å²) in [5.74, 6) is -11.6. The molecule has 1 unspecified atom stereocenters. The van der Waals surface area contributed by atoms with Gasteiger partial charge in [-0.05, 0) is 0 Å². The summed E-state index contributed by atoms with van der Waals surface area (Å²) < 4.78 is 4.33. The summed E-state index contributed by atoms with van der Waals surface area (Å²) in [5, 5.41) is 53.5. The molecule has 0 aromatic carbocycles. The molecule has 0 heterocycles. The van der Waals surface area contributed by atoms with E-state index in [1.807, 2.05) is 0 Å². The van der Waals surface area contributed by atoms with Crippen LogP contribution in [0.3, 0.4) is 0 Å². The molecule has 1 atom stereocenters. The van der Waals surface area contributed by atoms with Crippen LogP contribution in [0.4, 0.5) is 0 Å². The van der Waals surface area contributed by atoms with Crippen LogP contribution in [-0.4, -0.2) is 118 Å². The zero-order valence-electron chi connectivity index (χ0n) is 13.4. The van der Waals surface area contributed by atoms with Gasteiger partial charge in [0.1, 0.15) is 0 Å². The van der Waals surface area contributed by atoms with Crippen LogP contribution in [-0.2, 0) is 33.5 Å². The van der Waals surface area contributed by atoms with Gasteiger partial charge in [0, 0.05) is 0 Å². The van der Waals surface area contributed by atoms with E-state index in [1.165, 1.54) is 0 Å². The summed E-state index contributed by atoms with van der Waals surface area (Å²) in [4.78, 5) is 66.0. The first-order chi connectivity index (χ1) is 11.2. The van der Waals surface area contributed by atoms with Crippen molar-refractivity contribution in [3.8, 4) is 0 Å². The predicted octanol–water partition coefficient (Wildman–Crippen LogP) is -4.31. The molecular formula is C12H19NaO15. The summed E-state index contributed by atoms with van der Waals surface area (Å²) in [6, 6.07) is 0. The fourth-order valence-electron chi connectivity index (χ4n) is 1.77. The molecule has 0 saturated heterocycles. The van der Waals surface area contributed by atoms with Crippen LogP contribution < -0.4 is 0 Å². The monoisotopic (exact) mass is 426 g/mol. The molecule has 158 valence electrons. The Bertz CT molecular complexity index is 598. The summed E-state index contributed by atoms with van der Waals surface area (Å²) in [5.41, 5.74) is -6.24. The Morgan fingerprint density at radius 3 is 1.25 bits per heavy atom. The third-order valence-electron chi connectivity index (χ3n) is 2.85. The number of ether oxygens (including phenoxy) is 1. The maximum atomic E-state index is 11.7. The Hall–Kier alpha value is -2.30. The molecule has 0 amide bonds. The van der Waals surface area contributed by atoms with Gasteiger partial charge in [-0.2, -0.15) is 0 Å². The average Bonchev–Trinajstić information content (AvgIpc) is 2.34. The quantitative estimate of drug-likeness (QED) is 0.135. The molecule has 0 aliphatic heterocycles. The number of aliphatic hydroxyl groups is 1. The number of carbonyl (C=O) groups is 6. The van der Waals surface area contributed by atoms with Crippen molar-refractivity contribution in [2.24, 2.45) is 0 Å². The van der Waals surface area contributed by atoms with Crippen LogP contribution in [0.5, 0.6) is 0 Å². The van der Waals surface area contributed by atoms with Gasteiger partial charge in [-0.25, -0.2) is 9.59 Å². The van der Waals surface area contributed by atoms with Gasteiger partial charge < -0.3 is 46.3 Å². The van der Waals surface area contributed by atoms with Crippen molar-refractivity contribution in [3.63, 3.8) is 0 Å². The minimum atomic E-state index is -3.17. The summed E-state index contributed by atoms with van der Waals surface area (Å²) >= 11 is 0. The second kappa shape index (κ2) is 13.0. The van der Waals surface area contributed by atoms with Crippen LogP contribution in [0, 0.1) is 0 Å². The summed E-state index contributed by atoms with van der Waals surface area (Å²) in [7, 11) is 0. The van der Waals surface area contributed by atoms with E-state index >= 15 is 0 Å². The SMILES string of the molecule is O.O.O=C(O)CC(O)(CC(=O)OC(CC(=O)O)(CC(=O)O)C(=O)O)C(=O)O.[NaH]. The molecule has 0 aliphatic rings. The summed E-state index contributed by atoms with van der Waals surface area (Å²) in [6.07, 6.45) is -5.94. The first-order valence-electron chi connectivity index (χ1n) is 6.30. The Morgan fingerprint density at radius 2 is 1.00 bits per heavy atom. The first kappa shape index (κ1) is 33.3. The van der Waals surface area contributed by atoms with Gasteiger partial charge in [0.05, 0.1) is 25.7 Å². The molecule has 16 heteroatoms. The molecule has 0 aromatic rings.